The van der Waals surface area contributed by atoms with Gasteiger partial charge in [-0.2, -0.15) is 0 Å². The Hall–Kier alpha value is -1.87. The van der Waals surface area contributed by atoms with Gasteiger partial charge < -0.3 is 0 Å². The van der Waals surface area contributed by atoms with Gasteiger partial charge >= 0.3 is 0 Å². The molecule has 0 heterocycles. The van der Waals surface area contributed by atoms with Crippen LogP contribution in [-0.4, -0.2) is 0 Å². The van der Waals surface area contributed by atoms with E-state index < -0.39 is 0 Å². The Bertz CT molecular complexity index is 791. The first-order valence-corrected chi connectivity index (χ1v) is 8.62. The quantitative estimate of drug-likeness (QED) is 0.423. The van der Waals surface area contributed by atoms with E-state index in [1.807, 2.05) is 26.0 Å². The fourth-order valence-corrected chi connectivity index (χ4v) is 3.44. The molecular weight excluding hydrogens is 322 g/mol. The van der Waals surface area contributed by atoms with Crippen LogP contribution in [0.1, 0.15) is 29.2 Å². The lowest BCUT2D eigenvalue weighted by Gasteiger charge is -2.11. The van der Waals surface area contributed by atoms with Crippen LogP contribution in [0.5, 0.6) is 0 Å². The highest BCUT2D eigenvalue weighted by Crippen LogP contribution is 2.32. The van der Waals surface area contributed by atoms with E-state index in [2.05, 4.69) is 13.2 Å². The van der Waals surface area contributed by atoms with Crippen LogP contribution in [0, 0.1) is 25.5 Å². The Kier molecular flexibility index (Phi) is 6.00. The van der Waals surface area contributed by atoms with Gasteiger partial charge in [0.2, 0.25) is 0 Å². The van der Waals surface area contributed by atoms with Gasteiger partial charge in [0, 0.05) is 11.3 Å². The van der Waals surface area contributed by atoms with Crippen LogP contribution in [0.15, 0.2) is 58.9 Å². The highest BCUT2D eigenvalue weighted by atomic mass is 32.2. The molecule has 0 aliphatic heterocycles. The Balaban J connectivity index is 2.09. The maximum atomic E-state index is 14.1. The highest BCUT2D eigenvalue weighted by Gasteiger charge is 2.09. The van der Waals surface area contributed by atoms with Crippen molar-refractivity contribution >= 4 is 11.8 Å². The van der Waals surface area contributed by atoms with Crippen molar-refractivity contribution < 1.29 is 8.78 Å². The van der Waals surface area contributed by atoms with Gasteiger partial charge in [0.1, 0.15) is 11.6 Å². The highest BCUT2D eigenvalue weighted by molar-refractivity contribution is 8.03. The van der Waals surface area contributed by atoms with Gasteiger partial charge in [-0.1, -0.05) is 48.7 Å². The van der Waals surface area contributed by atoms with Crippen LogP contribution in [0.2, 0.25) is 0 Å². The number of allylic oxidation sites excluding steroid dienone is 2. The molecule has 24 heavy (non-hydrogen) atoms. The van der Waals surface area contributed by atoms with Crippen LogP contribution in [0.4, 0.5) is 8.78 Å². The monoisotopic (exact) mass is 344 g/mol. The molecule has 0 unspecified atom stereocenters. The van der Waals surface area contributed by atoms with Crippen molar-refractivity contribution in [1.82, 2.24) is 0 Å². The molecule has 0 aliphatic carbocycles. The molecule has 0 spiro atoms. The zero-order chi connectivity index (χ0) is 17.9. The van der Waals surface area contributed by atoms with Crippen LogP contribution in [0.25, 0.3) is 0 Å². The molecule has 3 heteroatoms. The first kappa shape index (κ1) is 18.5. The second kappa shape index (κ2) is 7.80. The molecule has 2 aromatic rings. The Morgan fingerprint density at radius 1 is 0.958 bits per heavy atom. The summed E-state index contributed by atoms with van der Waals surface area (Å²) < 4.78 is 27.9. The minimum absolute atomic E-state index is 0.217. The van der Waals surface area contributed by atoms with E-state index in [4.69, 9.17) is 0 Å². The summed E-state index contributed by atoms with van der Waals surface area (Å²) >= 11 is 1.44. The molecule has 0 saturated heterocycles. The molecule has 2 rings (SSSR count). The average Bonchev–Trinajstić information content (AvgIpc) is 2.47. The number of hydrogen-bond acceptors (Lipinski definition) is 1. The molecule has 0 atom stereocenters. The Labute approximate surface area is 147 Å². The average molecular weight is 344 g/mol. The van der Waals surface area contributed by atoms with Gasteiger partial charge in [0.15, 0.2) is 0 Å². The Morgan fingerprint density at radius 3 is 2.29 bits per heavy atom. The van der Waals surface area contributed by atoms with Crippen molar-refractivity contribution in [2.24, 2.45) is 0 Å². The van der Waals surface area contributed by atoms with Crippen LogP contribution >= 0.6 is 11.8 Å². The molecule has 0 amide bonds. The van der Waals surface area contributed by atoms with Crippen LogP contribution in [-0.2, 0) is 12.8 Å². The smallest absolute Gasteiger partial charge is 0.127 e. The lowest BCUT2D eigenvalue weighted by Crippen LogP contribution is -1.95. The summed E-state index contributed by atoms with van der Waals surface area (Å²) in [5.74, 6) is -0.433. The SMILES string of the molecule is C=C(C)Cc1ccc(CC(=C)Sc2cc(F)c(C)cc2C)cc1F. The zero-order valence-corrected chi connectivity index (χ0v) is 15.2. The topological polar surface area (TPSA) is 0 Å². The molecule has 2 aromatic carbocycles. The van der Waals surface area contributed by atoms with Crippen molar-refractivity contribution in [3.63, 3.8) is 0 Å². The molecule has 0 bridgehead atoms. The maximum Gasteiger partial charge on any atom is 0.127 e. The van der Waals surface area contributed by atoms with Gasteiger partial charge in [-0.3, -0.25) is 0 Å². The number of benzene rings is 2. The van der Waals surface area contributed by atoms with Crippen molar-refractivity contribution in [2.45, 2.75) is 38.5 Å². The molecule has 0 fully saturated rings. The standard InChI is InChI=1S/C21H22F2S/c1-13(2)8-18-7-6-17(11-20(18)23)10-16(5)24-21-12-19(22)14(3)9-15(21)4/h6-7,9,11-12H,1,5,8,10H2,2-4H3. The second-order valence-corrected chi connectivity index (χ2v) is 7.47. The van der Waals surface area contributed by atoms with E-state index in [1.54, 1.807) is 19.1 Å². The van der Waals surface area contributed by atoms with Crippen molar-refractivity contribution in [3.05, 3.63) is 87.9 Å². The van der Waals surface area contributed by atoms with Crippen molar-refractivity contribution in [2.75, 3.05) is 0 Å². The second-order valence-electron chi connectivity index (χ2n) is 6.24. The number of aryl methyl sites for hydroxylation is 2. The summed E-state index contributed by atoms with van der Waals surface area (Å²) in [5, 5.41) is 0. The summed E-state index contributed by atoms with van der Waals surface area (Å²) in [7, 11) is 0. The molecule has 0 aromatic heterocycles. The lowest BCUT2D eigenvalue weighted by atomic mass is 10.0. The molecule has 126 valence electrons. The van der Waals surface area contributed by atoms with E-state index in [0.29, 0.717) is 24.0 Å². The molecule has 0 N–H and O–H groups in total. The van der Waals surface area contributed by atoms with E-state index in [-0.39, 0.29) is 11.6 Å². The van der Waals surface area contributed by atoms with Gasteiger partial charge in [-0.15, -0.1) is 0 Å². The van der Waals surface area contributed by atoms with Crippen molar-refractivity contribution in [3.8, 4) is 0 Å². The first-order valence-electron chi connectivity index (χ1n) is 7.80. The fraction of sp³-hybridized carbons (Fsp3) is 0.238. The Morgan fingerprint density at radius 2 is 1.67 bits per heavy atom. The summed E-state index contributed by atoms with van der Waals surface area (Å²) in [4.78, 5) is 1.70. The summed E-state index contributed by atoms with van der Waals surface area (Å²) in [6.07, 6.45) is 1.09. The predicted octanol–water partition coefficient (Wildman–Crippen LogP) is 6.55. The third-order valence-electron chi connectivity index (χ3n) is 3.72. The lowest BCUT2D eigenvalue weighted by molar-refractivity contribution is 0.611. The molecular formula is C21H22F2S. The summed E-state index contributed by atoms with van der Waals surface area (Å²) in [6, 6.07) is 8.63. The molecule has 0 aliphatic rings. The summed E-state index contributed by atoms with van der Waals surface area (Å²) in [5.41, 5.74) is 4.10. The fourth-order valence-electron chi connectivity index (χ4n) is 2.51. The van der Waals surface area contributed by atoms with Gasteiger partial charge in [0.25, 0.3) is 0 Å². The number of halogens is 2. The van der Waals surface area contributed by atoms with E-state index >= 15 is 0 Å². The first-order chi connectivity index (χ1) is 11.3. The molecule has 0 radical (unpaired) electrons. The summed E-state index contributed by atoms with van der Waals surface area (Å²) in [6.45, 7) is 13.4. The maximum absolute atomic E-state index is 14.1. The van der Waals surface area contributed by atoms with E-state index in [1.165, 1.54) is 17.8 Å². The zero-order valence-electron chi connectivity index (χ0n) is 14.4. The number of rotatable bonds is 6. The number of hydrogen-bond donors (Lipinski definition) is 0. The third-order valence-corrected chi connectivity index (χ3v) is 4.81. The number of thioether (sulfide) groups is 1. The minimum atomic E-state index is -0.217. The largest absolute Gasteiger partial charge is 0.207 e. The molecule has 0 nitrogen and oxygen atoms in total. The third kappa shape index (κ3) is 4.81. The minimum Gasteiger partial charge on any atom is -0.207 e. The van der Waals surface area contributed by atoms with Gasteiger partial charge in [-0.05, 0) is 66.5 Å². The normalized spacial score (nSPS) is 10.7. The van der Waals surface area contributed by atoms with E-state index in [9.17, 15) is 8.78 Å². The van der Waals surface area contributed by atoms with Crippen molar-refractivity contribution in [1.29, 1.82) is 0 Å². The van der Waals surface area contributed by atoms with Gasteiger partial charge in [0.05, 0.1) is 0 Å². The van der Waals surface area contributed by atoms with Crippen LogP contribution < -0.4 is 0 Å². The van der Waals surface area contributed by atoms with Gasteiger partial charge in [-0.25, -0.2) is 8.78 Å². The van der Waals surface area contributed by atoms with E-state index in [0.717, 1.165) is 26.5 Å². The predicted molar refractivity (Wildman–Crippen MR) is 99.5 cm³/mol. The molecule has 0 saturated carbocycles. The van der Waals surface area contributed by atoms with Crippen LogP contribution in [0.3, 0.4) is 0 Å².